The smallest absolute Gasteiger partial charge is 0.225 e. The first-order chi connectivity index (χ1) is 11.6. The van der Waals surface area contributed by atoms with Crippen molar-refractivity contribution in [2.45, 2.75) is 33.2 Å². The fourth-order valence-corrected chi connectivity index (χ4v) is 2.39. The zero-order valence-electron chi connectivity index (χ0n) is 14.2. The number of nitrogens with one attached hydrogen (secondary N) is 2. The van der Waals surface area contributed by atoms with Crippen molar-refractivity contribution in [3.05, 3.63) is 65.7 Å². The van der Waals surface area contributed by atoms with Crippen LogP contribution in [-0.4, -0.2) is 9.97 Å². The highest BCUT2D eigenvalue weighted by atomic mass is 16.3. The lowest BCUT2D eigenvalue weighted by Gasteiger charge is -2.11. The fourth-order valence-electron chi connectivity index (χ4n) is 2.39. The molecule has 0 aliphatic carbocycles. The Morgan fingerprint density at radius 3 is 2.54 bits per heavy atom. The topological polar surface area (TPSA) is 63.0 Å². The monoisotopic (exact) mass is 322 g/mol. The van der Waals surface area contributed by atoms with Crippen LogP contribution in [0.3, 0.4) is 0 Å². The molecule has 0 spiro atoms. The molecule has 0 radical (unpaired) electrons. The molecule has 0 bridgehead atoms. The van der Waals surface area contributed by atoms with Crippen molar-refractivity contribution in [2.24, 2.45) is 0 Å². The first-order valence-electron chi connectivity index (χ1n) is 8.09. The minimum Gasteiger partial charge on any atom is -0.467 e. The van der Waals surface area contributed by atoms with Gasteiger partial charge in [0.05, 0.1) is 12.8 Å². The Bertz CT molecular complexity index is 780. The van der Waals surface area contributed by atoms with E-state index in [1.165, 1.54) is 5.56 Å². The normalized spacial score (nSPS) is 10.8. The molecular formula is C19H22N4O. The van der Waals surface area contributed by atoms with Crippen molar-refractivity contribution in [1.29, 1.82) is 0 Å². The average Bonchev–Trinajstić information content (AvgIpc) is 3.06. The third-order valence-corrected chi connectivity index (χ3v) is 3.70. The van der Waals surface area contributed by atoms with E-state index in [1.807, 2.05) is 25.1 Å². The van der Waals surface area contributed by atoms with E-state index in [2.05, 4.69) is 58.7 Å². The summed E-state index contributed by atoms with van der Waals surface area (Å²) >= 11 is 0. The van der Waals surface area contributed by atoms with Crippen LogP contribution in [0.4, 0.5) is 17.5 Å². The van der Waals surface area contributed by atoms with Gasteiger partial charge in [-0.3, -0.25) is 0 Å². The highest BCUT2D eigenvalue weighted by molar-refractivity contribution is 5.58. The third kappa shape index (κ3) is 4.13. The minimum atomic E-state index is 0.526. The minimum absolute atomic E-state index is 0.526. The lowest BCUT2D eigenvalue weighted by Crippen LogP contribution is -2.06. The Morgan fingerprint density at radius 2 is 1.88 bits per heavy atom. The van der Waals surface area contributed by atoms with Crippen LogP contribution in [0.25, 0.3) is 0 Å². The van der Waals surface area contributed by atoms with Crippen LogP contribution < -0.4 is 10.6 Å². The molecule has 0 fully saturated rings. The van der Waals surface area contributed by atoms with Crippen LogP contribution in [0.15, 0.2) is 53.1 Å². The van der Waals surface area contributed by atoms with Gasteiger partial charge in [0.15, 0.2) is 0 Å². The van der Waals surface area contributed by atoms with Crippen LogP contribution in [0, 0.1) is 6.92 Å². The number of hydrogen-bond donors (Lipinski definition) is 2. The molecule has 24 heavy (non-hydrogen) atoms. The molecule has 124 valence electrons. The van der Waals surface area contributed by atoms with E-state index < -0.39 is 0 Å². The SMILES string of the molecule is Cc1cc(Nc2ccc(C(C)C)cc2)nc(NCc2ccco2)n1. The van der Waals surface area contributed by atoms with Crippen LogP contribution in [-0.2, 0) is 6.54 Å². The zero-order valence-corrected chi connectivity index (χ0v) is 14.2. The van der Waals surface area contributed by atoms with Gasteiger partial charge in [-0.2, -0.15) is 4.98 Å². The molecule has 0 aliphatic rings. The molecule has 0 aliphatic heterocycles. The first kappa shape index (κ1) is 16.1. The van der Waals surface area contributed by atoms with E-state index in [0.717, 1.165) is 23.0 Å². The maximum absolute atomic E-state index is 5.31. The van der Waals surface area contributed by atoms with Crippen molar-refractivity contribution in [3.8, 4) is 0 Å². The standard InChI is InChI=1S/C19H22N4O/c1-13(2)15-6-8-16(9-7-15)22-18-11-14(3)21-19(23-18)20-12-17-5-4-10-24-17/h4-11,13H,12H2,1-3H3,(H2,20,21,22,23). The molecule has 3 aromatic rings. The van der Waals surface area contributed by atoms with E-state index in [4.69, 9.17) is 4.42 Å². The van der Waals surface area contributed by atoms with Gasteiger partial charge < -0.3 is 15.1 Å². The Kier molecular flexibility index (Phi) is 4.79. The summed E-state index contributed by atoms with van der Waals surface area (Å²) in [4.78, 5) is 8.92. The van der Waals surface area contributed by atoms with Gasteiger partial charge in [-0.15, -0.1) is 0 Å². The summed E-state index contributed by atoms with van der Waals surface area (Å²) in [5.41, 5.74) is 3.22. The molecule has 2 aromatic heterocycles. The molecule has 2 N–H and O–H groups in total. The predicted molar refractivity (Wildman–Crippen MR) is 96.6 cm³/mol. The van der Waals surface area contributed by atoms with E-state index in [1.54, 1.807) is 6.26 Å². The average molecular weight is 322 g/mol. The second-order valence-electron chi connectivity index (χ2n) is 6.05. The number of rotatable bonds is 6. The summed E-state index contributed by atoms with van der Waals surface area (Å²) in [7, 11) is 0. The Morgan fingerprint density at radius 1 is 1.08 bits per heavy atom. The molecule has 0 unspecified atom stereocenters. The number of furan rings is 1. The summed E-state index contributed by atoms with van der Waals surface area (Å²) < 4.78 is 5.31. The lowest BCUT2D eigenvalue weighted by atomic mass is 10.0. The summed E-state index contributed by atoms with van der Waals surface area (Å²) in [5.74, 6) is 2.71. The maximum atomic E-state index is 5.31. The van der Waals surface area contributed by atoms with Gasteiger partial charge in [-0.1, -0.05) is 26.0 Å². The summed E-state index contributed by atoms with van der Waals surface area (Å²) in [5, 5.41) is 6.51. The number of nitrogens with zero attached hydrogens (tertiary/aromatic N) is 2. The van der Waals surface area contributed by atoms with E-state index in [-0.39, 0.29) is 0 Å². The van der Waals surface area contributed by atoms with Gasteiger partial charge >= 0.3 is 0 Å². The van der Waals surface area contributed by atoms with Gasteiger partial charge in [0.25, 0.3) is 0 Å². The third-order valence-electron chi connectivity index (χ3n) is 3.70. The van der Waals surface area contributed by atoms with Crippen LogP contribution in [0.1, 0.15) is 36.8 Å². The molecule has 2 heterocycles. The van der Waals surface area contributed by atoms with Crippen molar-refractivity contribution in [2.75, 3.05) is 10.6 Å². The quantitative estimate of drug-likeness (QED) is 0.679. The van der Waals surface area contributed by atoms with Gasteiger partial charge in [-0.25, -0.2) is 4.98 Å². The lowest BCUT2D eigenvalue weighted by molar-refractivity contribution is 0.517. The number of aromatic nitrogens is 2. The number of benzene rings is 1. The van der Waals surface area contributed by atoms with Crippen molar-refractivity contribution >= 4 is 17.5 Å². The zero-order chi connectivity index (χ0) is 16.9. The van der Waals surface area contributed by atoms with E-state index in [0.29, 0.717) is 18.4 Å². The Labute approximate surface area is 142 Å². The molecule has 1 aromatic carbocycles. The van der Waals surface area contributed by atoms with E-state index >= 15 is 0 Å². The highest BCUT2D eigenvalue weighted by Gasteiger charge is 2.05. The van der Waals surface area contributed by atoms with Crippen LogP contribution >= 0.6 is 0 Å². The van der Waals surface area contributed by atoms with Crippen LogP contribution in [0.5, 0.6) is 0 Å². The molecule has 0 amide bonds. The largest absolute Gasteiger partial charge is 0.467 e. The number of hydrogen-bond acceptors (Lipinski definition) is 5. The summed E-state index contributed by atoms with van der Waals surface area (Å²) in [6.45, 7) is 6.88. The number of aryl methyl sites for hydroxylation is 1. The second-order valence-corrected chi connectivity index (χ2v) is 6.05. The van der Waals surface area contributed by atoms with Crippen molar-refractivity contribution < 1.29 is 4.42 Å². The van der Waals surface area contributed by atoms with Gasteiger partial charge in [0.2, 0.25) is 5.95 Å². The summed E-state index contributed by atoms with van der Waals surface area (Å²) in [6.07, 6.45) is 1.65. The van der Waals surface area contributed by atoms with Gasteiger partial charge in [0, 0.05) is 17.4 Å². The molecule has 5 nitrogen and oxygen atoms in total. The molecule has 5 heteroatoms. The first-order valence-corrected chi connectivity index (χ1v) is 8.09. The maximum Gasteiger partial charge on any atom is 0.225 e. The summed E-state index contributed by atoms with van der Waals surface area (Å²) in [6, 6.07) is 14.1. The molecule has 3 rings (SSSR count). The molecular weight excluding hydrogens is 300 g/mol. The predicted octanol–water partition coefficient (Wildman–Crippen LogP) is 4.86. The highest BCUT2D eigenvalue weighted by Crippen LogP contribution is 2.20. The van der Waals surface area contributed by atoms with Crippen LogP contribution in [0.2, 0.25) is 0 Å². The number of anilines is 3. The fraction of sp³-hybridized carbons (Fsp3) is 0.263. The Hall–Kier alpha value is -2.82. The molecule has 0 saturated heterocycles. The van der Waals surface area contributed by atoms with Gasteiger partial charge in [-0.05, 0) is 42.7 Å². The van der Waals surface area contributed by atoms with E-state index in [9.17, 15) is 0 Å². The Balaban J connectivity index is 1.71. The van der Waals surface area contributed by atoms with Crippen molar-refractivity contribution in [3.63, 3.8) is 0 Å². The van der Waals surface area contributed by atoms with Crippen molar-refractivity contribution in [1.82, 2.24) is 9.97 Å². The second kappa shape index (κ2) is 7.17. The van der Waals surface area contributed by atoms with Gasteiger partial charge in [0.1, 0.15) is 11.6 Å². The molecule has 0 atom stereocenters. The molecule has 0 saturated carbocycles.